The van der Waals surface area contributed by atoms with Crippen molar-refractivity contribution in [2.75, 3.05) is 19.7 Å². The molecule has 0 saturated carbocycles. The zero-order valence-electron chi connectivity index (χ0n) is 11.2. The van der Waals surface area contributed by atoms with E-state index in [2.05, 4.69) is 0 Å². The molecular weight excluding hydrogens is 246 g/mol. The zero-order valence-corrected chi connectivity index (χ0v) is 11.2. The van der Waals surface area contributed by atoms with Crippen LogP contribution in [0.25, 0.3) is 0 Å². The molecule has 0 fully saturated rings. The summed E-state index contributed by atoms with van der Waals surface area (Å²) in [6.45, 7) is 3.93. The van der Waals surface area contributed by atoms with Gasteiger partial charge in [0.1, 0.15) is 0 Å². The highest BCUT2D eigenvalue weighted by atomic mass is 16.5. The normalized spacial score (nSPS) is 11.7. The van der Waals surface area contributed by atoms with E-state index in [1.807, 2.05) is 0 Å². The van der Waals surface area contributed by atoms with Gasteiger partial charge in [-0.05, 0) is 26.0 Å². The lowest BCUT2D eigenvalue weighted by atomic mass is 10.2. The zero-order chi connectivity index (χ0) is 14.3. The molecule has 0 aliphatic rings. The number of carbonyl (C=O) groups is 2. The number of likely N-dealkylation sites (N-methyl/N-ethyl adjacent to an activating group) is 1. The maximum absolute atomic E-state index is 12.0. The van der Waals surface area contributed by atoms with Gasteiger partial charge in [0.05, 0.1) is 12.2 Å². The van der Waals surface area contributed by atoms with Crippen LogP contribution < -0.4 is 0 Å². The summed E-state index contributed by atoms with van der Waals surface area (Å²) in [5, 5.41) is 8.86. The molecule has 0 spiro atoms. The van der Waals surface area contributed by atoms with Crippen molar-refractivity contribution in [3.05, 3.63) is 35.9 Å². The number of esters is 1. The molecule has 19 heavy (non-hydrogen) atoms. The average Bonchev–Trinajstić information content (AvgIpc) is 2.44. The van der Waals surface area contributed by atoms with E-state index in [1.54, 1.807) is 37.3 Å². The average molecular weight is 265 g/mol. The highest BCUT2D eigenvalue weighted by Gasteiger charge is 2.22. The molecule has 0 aromatic heterocycles. The molecule has 1 unspecified atom stereocenters. The molecule has 0 aliphatic carbocycles. The standard InChI is InChI=1S/C14H19NO4/c1-3-15(9-10-16)13(17)11(2)19-14(18)12-7-5-4-6-8-12/h4-8,11,16H,3,9-10H2,1-2H3. The number of aliphatic hydroxyl groups excluding tert-OH is 1. The molecule has 0 aliphatic heterocycles. The van der Waals surface area contributed by atoms with E-state index < -0.39 is 12.1 Å². The van der Waals surface area contributed by atoms with Crippen molar-refractivity contribution in [2.24, 2.45) is 0 Å². The molecule has 1 aromatic carbocycles. The van der Waals surface area contributed by atoms with Crippen molar-refractivity contribution in [3.8, 4) is 0 Å². The Morgan fingerprint density at radius 1 is 1.32 bits per heavy atom. The van der Waals surface area contributed by atoms with Crippen molar-refractivity contribution >= 4 is 11.9 Å². The van der Waals surface area contributed by atoms with E-state index in [0.29, 0.717) is 12.1 Å². The van der Waals surface area contributed by atoms with Gasteiger partial charge in [-0.2, -0.15) is 0 Å². The van der Waals surface area contributed by atoms with E-state index in [-0.39, 0.29) is 19.1 Å². The third kappa shape index (κ3) is 4.37. The van der Waals surface area contributed by atoms with Crippen molar-refractivity contribution in [3.63, 3.8) is 0 Å². The highest BCUT2D eigenvalue weighted by Crippen LogP contribution is 2.06. The number of aliphatic hydroxyl groups is 1. The minimum atomic E-state index is -0.862. The van der Waals surface area contributed by atoms with Crippen LogP contribution in [-0.4, -0.2) is 47.7 Å². The van der Waals surface area contributed by atoms with Crippen molar-refractivity contribution in [2.45, 2.75) is 20.0 Å². The Labute approximate surface area is 112 Å². The third-order valence-electron chi connectivity index (χ3n) is 2.70. The first-order valence-corrected chi connectivity index (χ1v) is 6.25. The predicted octanol–water partition coefficient (Wildman–Crippen LogP) is 1.07. The lowest BCUT2D eigenvalue weighted by molar-refractivity contribution is -0.140. The topological polar surface area (TPSA) is 66.8 Å². The fourth-order valence-electron chi connectivity index (χ4n) is 1.66. The van der Waals surface area contributed by atoms with Crippen LogP contribution in [0.4, 0.5) is 0 Å². The van der Waals surface area contributed by atoms with Crippen molar-refractivity contribution < 1.29 is 19.4 Å². The van der Waals surface area contributed by atoms with Crippen LogP contribution in [0.5, 0.6) is 0 Å². The Bertz CT molecular complexity index is 419. The smallest absolute Gasteiger partial charge is 0.338 e. The molecule has 0 heterocycles. The number of benzene rings is 1. The predicted molar refractivity (Wildman–Crippen MR) is 70.7 cm³/mol. The Morgan fingerprint density at radius 3 is 2.47 bits per heavy atom. The first-order chi connectivity index (χ1) is 9.10. The molecule has 104 valence electrons. The summed E-state index contributed by atoms with van der Waals surface area (Å²) in [5.41, 5.74) is 0.410. The van der Waals surface area contributed by atoms with Gasteiger partial charge < -0.3 is 14.7 Å². The van der Waals surface area contributed by atoms with Crippen LogP contribution in [-0.2, 0) is 9.53 Å². The first kappa shape index (κ1) is 15.2. The van der Waals surface area contributed by atoms with Crippen LogP contribution in [0.15, 0.2) is 30.3 Å². The van der Waals surface area contributed by atoms with Gasteiger partial charge in [0.15, 0.2) is 6.10 Å². The van der Waals surface area contributed by atoms with Gasteiger partial charge in [-0.15, -0.1) is 0 Å². The van der Waals surface area contributed by atoms with Gasteiger partial charge in [-0.3, -0.25) is 4.79 Å². The summed E-state index contributed by atoms with van der Waals surface area (Å²) >= 11 is 0. The van der Waals surface area contributed by atoms with Crippen LogP contribution in [0.1, 0.15) is 24.2 Å². The SMILES string of the molecule is CCN(CCO)C(=O)C(C)OC(=O)c1ccccc1. The van der Waals surface area contributed by atoms with Gasteiger partial charge in [-0.25, -0.2) is 4.79 Å². The molecule has 0 saturated heterocycles. The van der Waals surface area contributed by atoms with E-state index in [4.69, 9.17) is 9.84 Å². The second-order valence-electron chi connectivity index (χ2n) is 4.06. The van der Waals surface area contributed by atoms with E-state index in [1.165, 1.54) is 11.8 Å². The molecule has 1 atom stereocenters. The minimum absolute atomic E-state index is 0.112. The fraction of sp³-hybridized carbons (Fsp3) is 0.429. The van der Waals surface area contributed by atoms with Gasteiger partial charge >= 0.3 is 5.97 Å². The molecule has 1 N–H and O–H groups in total. The van der Waals surface area contributed by atoms with Crippen LogP contribution in [0.3, 0.4) is 0 Å². The lowest BCUT2D eigenvalue weighted by Crippen LogP contribution is -2.41. The molecular formula is C14H19NO4. The van der Waals surface area contributed by atoms with Crippen LogP contribution in [0, 0.1) is 0 Å². The first-order valence-electron chi connectivity index (χ1n) is 6.25. The summed E-state index contributed by atoms with van der Waals surface area (Å²) in [7, 11) is 0. The molecule has 5 nitrogen and oxygen atoms in total. The maximum atomic E-state index is 12.0. The molecule has 1 amide bonds. The van der Waals surface area contributed by atoms with Gasteiger partial charge in [0.2, 0.25) is 0 Å². The van der Waals surface area contributed by atoms with Gasteiger partial charge in [-0.1, -0.05) is 18.2 Å². The fourth-order valence-corrected chi connectivity index (χ4v) is 1.66. The van der Waals surface area contributed by atoms with E-state index in [9.17, 15) is 9.59 Å². The molecule has 5 heteroatoms. The number of amides is 1. The number of hydrogen-bond acceptors (Lipinski definition) is 4. The quantitative estimate of drug-likeness (QED) is 0.781. The van der Waals surface area contributed by atoms with E-state index in [0.717, 1.165) is 0 Å². The Morgan fingerprint density at radius 2 is 1.95 bits per heavy atom. The molecule has 0 bridgehead atoms. The number of ether oxygens (including phenoxy) is 1. The number of hydrogen-bond donors (Lipinski definition) is 1. The number of rotatable bonds is 6. The van der Waals surface area contributed by atoms with Crippen molar-refractivity contribution in [1.82, 2.24) is 4.90 Å². The second-order valence-corrected chi connectivity index (χ2v) is 4.06. The van der Waals surface area contributed by atoms with Crippen LogP contribution in [0.2, 0.25) is 0 Å². The summed E-state index contributed by atoms with van der Waals surface area (Å²) < 4.78 is 5.12. The number of nitrogens with zero attached hydrogens (tertiary/aromatic N) is 1. The van der Waals surface area contributed by atoms with Crippen molar-refractivity contribution in [1.29, 1.82) is 0 Å². The summed E-state index contributed by atoms with van der Waals surface area (Å²) in [6, 6.07) is 8.52. The lowest BCUT2D eigenvalue weighted by Gasteiger charge is -2.23. The maximum Gasteiger partial charge on any atom is 0.338 e. The Hall–Kier alpha value is -1.88. The molecule has 1 rings (SSSR count). The highest BCUT2D eigenvalue weighted by molar-refractivity contribution is 5.92. The summed E-state index contributed by atoms with van der Waals surface area (Å²) in [5.74, 6) is -0.831. The minimum Gasteiger partial charge on any atom is -0.449 e. The monoisotopic (exact) mass is 265 g/mol. The summed E-state index contributed by atoms with van der Waals surface area (Å²) in [6.07, 6.45) is -0.862. The van der Waals surface area contributed by atoms with Gasteiger partial charge in [0.25, 0.3) is 5.91 Å². The number of carbonyl (C=O) groups excluding carboxylic acids is 2. The van der Waals surface area contributed by atoms with E-state index >= 15 is 0 Å². The largest absolute Gasteiger partial charge is 0.449 e. The Kier molecular flexibility index (Phi) is 6.02. The Balaban J connectivity index is 2.61. The third-order valence-corrected chi connectivity index (χ3v) is 2.70. The molecule has 1 aromatic rings. The van der Waals surface area contributed by atoms with Crippen LogP contribution >= 0.6 is 0 Å². The second kappa shape index (κ2) is 7.53. The molecule has 0 radical (unpaired) electrons. The summed E-state index contributed by atoms with van der Waals surface area (Å²) in [4.78, 5) is 25.2. The van der Waals surface area contributed by atoms with Gasteiger partial charge in [0, 0.05) is 13.1 Å².